The number of hydrogen-bond acceptors (Lipinski definition) is 6. The number of aromatic nitrogens is 5. The third-order valence-electron chi connectivity index (χ3n) is 4.34. The second kappa shape index (κ2) is 6.38. The van der Waals surface area contributed by atoms with Gasteiger partial charge in [-0.3, -0.25) is 23.6 Å². The Kier molecular flexibility index (Phi) is 4.06. The molecule has 4 aromatic heterocycles. The van der Waals surface area contributed by atoms with Crippen LogP contribution < -0.4 is 5.56 Å². The number of pyridine rings is 1. The highest BCUT2D eigenvalue weighted by molar-refractivity contribution is 7.17. The summed E-state index contributed by atoms with van der Waals surface area (Å²) in [5.74, 6) is 1.42. The third-order valence-corrected chi connectivity index (χ3v) is 5.23. The van der Waals surface area contributed by atoms with E-state index in [1.807, 2.05) is 40.4 Å². The van der Waals surface area contributed by atoms with Crippen LogP contribution in [0.1, 0.15) is 11.4 Å². The maximum absolute atomic E-state index is 12.4. The van der Waals surface area contributed by atoms with Gasteiger partial charge >= 0.3 is 0 Å². The molecule has 8 heteroatoms. The van der Waals surface area contributed by atoms with Gasteiger partial charge in [0, 0.05) is 26.0 Å². The predicted octanol–water partition coefficient (Wildman–Crippen LogP) is 1.71. The van der Waals surface area contributed by atoms with Gasteiger partial charge in [-0.15, -0.1) is 21.5 Å². The molecule has 0 amide bonds. The number of thiophene rings is 1. The van der Waals surface area contributed by atoms with Gasteiger partial charge in [0.1, 0.15) is 4.70 Å². The van der Waals surface area contributed by atoms with E-state index in [2.05, 4.69) is 27.1 Å². The molecule has 25 heavy (non-hydrogen) atoms. The van der Waals surface area contributed by atoms with Gasteiger partial charge < -0.3 is 0 Å². The Hall–Kier alpha value is -2.58. The van der Waals surface area contributed by atoms with Gasteiger partial charge in [-0.1, -0.05) is 0 Å². The molecule has 0 fully saturated rings. The van der Waals surface area contributed by atoms with Gasteiger partial charge in [0.05, 0.1) is 12.1 Å². The van der Waals surface area contributed by atoms with Crippen LogP contribution >= 0.6 is 11.3 Å². The van der Waals surface area contributed by atoms with Crippen molar-refractivity contribution in [3.63, 3.8) is 0 Å². The predicted molar refractivity (Wildman–Crippen MR) is 97.9 cm³/mol. The van der Waals surface area contributed by atoms with Crippen molar-refractivity contribution in [3.05, 3.63) is 57.7 Å². The summed E-state index contributed by atoms with van der Waals surface area (Å²) in [5.41, 5.74) is 2.11. The highest BCUT2D eigenvalue weighted by Gasteiger charge is 2.16. The van der Waals surface area contributed by atoms with Gasteiger partial charge in [-0.05, 0) is 42.6 Å². The fraction of sp³-hybridized carbons (Fsp3) is 0.294. The zero-order valence-corrected chi connectivity index (χ0v) is 14.9. The minimum atomic E-state index is -0.0255. The maximum atomic E-state index is 12.4. The number of fused-ring (bicyclic) bond motifs is 3. The maximum Gasteiger partial charge on any atom is 0.272 e. The molecule has 0 unspecified atom stereocenters. The van der Waals surface area contributed by atoms with Crippen LogP contribution in [-0.4, -0.2) is 42.6 Å². The summed E-state index contributed by atoms with van der Waals surface area (Å²) in [4.78, 5) is 18.6. The summed E-state index contributed by atoms with van der Waals surface area (Å²) in [5, 5.41) is 10.5. The summed E-state index contributed by atoms with van der Waals surface area (Å²) >= 11 is 1.45. The van der Waals surface area contributed by atoms with Crippen molar-refractivity contribution >= 4 is 27.3 Å². The molecule has 128 valence electrons. The Morgan fingerprint density at radius 2 is 2.00 bits per heavy atom. The van der Waals surface area contributed by atoms with E-state index in [1.54, 1.807) is 11.6 Å². The number of rotatable bonds is 5. The van der Waals surface area contributed by atoms with Crippen LogP contribution in [0, 0.1) is 0 Å². The minimum absolute atomic E-state index is 0.0255. The molecule has 0 aliphatic carbocycles. The first-order chi connectivity index (χ1) is 12.1. The van der Waals surface area contributed by atoms with E-state index >= 15 is 0 Å². The summed E-state index contributed by atoms with van der Waals surface area (Å²) in [7, 11) is 3.80. The zero-order chi connectivity index (χ0) is 17.4. The summed E-state index contributed by atoms with van der Waals surface area (Å²) < 4.78 is 4.28. The lowest BCUT2D eigenvalue weighted by atomic mass is 10.2. The molecule has 4 aromatic rings. The van der Waals surface area contributed by atoms with E-state index in [-0.39, 0.29) is 5.56 Å². The van der Waals surface area contributed by atoms with E-state index in [9.17, 15) is 4.79 Å². The molecule has 0 radical (unpaired) electrons. The minimum Gasteiger partial charge on any atom is -0.299 e. The van der Waals surface area contributed by atoms with E-state index in [4.69, 9.17) is 0 Å². The Balaban J connectivity index is 1.62. The largest absolute Gasteiger partial charge is 0.299 e. The zero-order valence-electron chi connectivity index (χ0n) is 14.1. The van der Waals surface area contributed by atoms with Crippen LogP contribution in [0.15, 0.2) is 40.8 Å². The monoisotopic (exact) mass is 354 g/mol. The molecule has 4 rings (SSSR count). The molecular formula is C17H18N6OS. The van der Waals surface area contributed by atoms with Crippen molar-refractivity contribution in [1.82, 2.24) is 29.0 Å². The van der Waals surface area contributed by atoms with Crippen molar-refractivity contribution < 1.29 is 0 Å². The van der Waals surface area contributed by atoms with Gasteiger partial charge in [-0.2, -0.15) is 0 Å². The average Bonchev–Trinajstić information content (AvgIpc) is 3.26. The number of hydrogen-bond donors (Lipinski definition) is 0. The summed E-state index contributed by atoms with van der Waals surface area (Å²) in [6.07, 6.45) is 4.58. The molecule has 0 spiro atoms. The van der Waals surface area contributed by atoms with Crippen molar-refractivity contribution in [2.75, 3.05) is 13.6 Å². The van der Waals surface area contributed by atoms with Gasteiger partial charge in [-0.25, -0.2) is 0 Å². The molecule has 0 aliphatic heterocycles. The van der Waals surface area contributed by atoms with E-state index in [1.165, 1.54) is 16.9 Å². The first-order valence-corrected chi connectivity index (χ1v) is 8.91. The molecule has 0 aromatic carbocycles. The van der Waals surface area contributed by atoms with Crippen LogP contribution in [0.2, 0.25) is 0 Å². The lowest BCUT2D eigenvalue weighted by Gasteiger charge is -2.15. The fourth-order valence-electron chi connectivity index (χ4n) is 2.95. The lowest BCUT2D eigenvalue weighted by molar-refractivity contribution is 0.321. The highest BCUT2D eigenvalue weighted by Crippen LogP contribution is 2.19. The summed E-state index contributed by atoms with van der Waals surface area (Å²) in [6.45, 7) is 1.56. The summed E-state index contributed by atoms with van der Waals surface area (Å²) in [6, 6.07) is 6.02. The molecular weight excluding hydrogens is 336 g/mol. The van der Waals surface area contributed by atoms with Crippen molar-refractivity contribution in [3.8, 4) is 0 Å². The quantitative estimate of drug-likeness (QED) is 0.546. The second-order valence-electron chi connectivity index (χ2n) is 6.09. The Morgan fingerprint density at radius 1 is 1.20 bits per heavy atom. The van der Waals surface area contributed by atoms with E-state index in [0.29, 0.717) is 12.3 Å². The van der Waals surface area contributed by atoms with Crippen LogP contribution in [-0.2, 0) is 20.0 Å². The van der Waals surface area contributed by atoms with Gasteiger partial charge in [0.25, 0.3) is 5.56 Å². The number of nitrogens with zero attached hydrogens (tertiary/aromatic N) is 6. The fourth-order valence-corrected chi connectivity index (χ4v) is 3.80. The third kappa shape index (κ3) is 2.83. The molecule has 0 N–H and O–H groups in total. The SMILES string of the molecule is CN(CCc1ccncc1)Cc1nnc2n(C)c(=O)c3sccc3n12. The smallest absolute Gasteiger partial charge is 0.272 e. The first-order valence-electron chi connectivity index (χ1n) is 8.03. The highest BCUT2D eigenvalue weighted by atomic mass is 32.1. The molecule has 0 saturated heterocycles. The number of likely N-dealkylation sites (N-methyl/N-ethyl adjacent to an activating group) is 1. The molecule has 0 saturated carbocycles. The van der Waals surface area contributed by atoms with E-state index < -0.39 is 0 Å². The topological polar surface area (TPSA) is 68.3 Å². The Morgan fingerprint density at radius 3 is 2.80 bits per heavy atom. The normalized spacial score (nSPS) is 11.8. The van der Waals surface area contributed by atoms with Crippen LogP contribution in [0.5, 0.6) is 0 Å². The standard InChI is InChI=1S/C17H18N6OS/c1-21(9-5-12-3-7-18-8-4-12)11-14-19-20-17-22(2)16(24)15-13(23(14)17)6-10-25-15/h3-4,6-8,10H,5,9,11H2,1-2H3. The Bertz CT molecular complexity index is 1080. The molecule has 7 nitrogen and oxygen atoms in total. The van der Waals surface area contributed by atoms with Crippen molar-refractivity contribution in [2.24, 2.45) is 7.05 Å². The molecule has 4 heterocycles. The van der Waals surface area contributed by atoms with Gasteiger partial charge in [0.15, 0.2) is 5.82 Å². The van der Waals surface area contributed by atoms with E-state index in [0.717, 1.165) is 29.0 Å². The first kappa shape index (κ1) is 15.9. The van der Waals surface area contributed by atoms with Crippen molar-refractivity contribution in [1.29, 1.82) is 0 Å². The number of aryl methyl sites for hydroxylation is 1. The van der Waals surface area contributed by atoms with Gasteiger partial charge in [0.2, 0.25) is 5.78 Å². The van der Waals surface area contributed by atoms with Crippen molar-refractivity contribution in [2.45, 2.75) is 13.0 Å². The molecule has 0 atom stereocenters. The molecule has 0 bridgehead atoms. The van der Waals surface area contributed by atoms with Crippen LogP contribution in [0.3, 0.4) is 0 Å². The lowest BCUT2D eigenvalue weighted by Crippen LogP contribution is -2.23. The van der Waals surface area contributed by atoms with Crippen LogP contribution in [0.25, 0.3) is 16.0 Å². The average molecular weight is 354 g/mol. The molecule has 0 aliphatic rings. The van der Waals surface area contributed by atoms with Crippen LogP contribution in [0.4, 0.5) is 0 Å². The second-order valence-corrected chi connectivity index (χ2v) is 7.01. The Labute approximate surface area is 148 Å².